The van der Waals surface area contributed by atoms with Gasteiger partial charge in [0, 0.05) is 17.8 Å². The number of aryl methyl sites for hydroxylation is 2. The fraction of sp³-hybridized carbons (Fsp3) is 0.235. The zero-order valence-electron chi connectivity index (χ0n) is 12.2. The van der Waals surface area contributed by atoms with Gasteiger partial charge in [0.1, 0.15) is 11.3 Å². The summed E-state index contributed by atoms with van der Waals surface area (Å²) in [6, 6.07) is 10.9. The molecule has 1 heterocycles. The zero-order chi connectivity index (χ0) is 15.0. The number of rotatable bonds is 3. The molecule has 0 unspecified atom stereocenters. The number of aromatic nitrogens is 2. The summed E-state index contributed by atoms with van der Waals surface area (Å²) < 4.78 is 16.0. The number of benzene rings is 2. The molecule has 0 saturated heterocycles. The van der Waals surface area contributed by atoms with E-state index in [0.29, 0.717) is 5.52 Å². The Kier molecular flexibility index (Phi) is 3.37. The number of para-hydroxylation sites is 1. The Morgan fingerprint density at radius 3 is 2.76 bits per heavy atom. The molecule has 0 fully saturated rings. The van der Waals surface area contributed by atoms with Crippen molar-refractivity contribution in [3.05, 3.63) is 47.8 Å². The lowest BCUT2D eigenvalue weighted by Crippen LogP contribution is -2.00. The normalized spacial score (nSPS) is 11.2. The van der Waals surface area contributed by atoms with Crippen LogP contribution in [0, 0.1) is 12.7 Å². The molecule has 3 nitrogen and oxygen atoms in total. The molecular formula is C17H18FN3. The Hall–Kier alpha value is -2.36. The third-order valence-corrected chi connectivity index (χ3v) is 3.71. The first kappa shape index (κ1) is 13.6. The van der Waals surface area contributed by atoms with Gasteiger partial charge in [0.05, 0.1) is 5.52 Å². The first-order valence-electron chi connectivity index (χ1n) is 7.13. The lowest BCUT2D eigenvalue weighted by atomic mass is 10.1. The highest BCUT2D eigenvalue weighted by Crippen LogP contribution is 2.28. The second-order valence-electron chi connectivity index (χ2n) is 5.27. The molecule has 0 saturated carbocycles. The minimum Gasteiger partial charge on any atom is -0.398 e. The first-order valence-corrected chi connectivity index (χ1v) is 7.13. The van der Waals surface area contributed by atoms with Gasteiger partial charge < -0.3 is 10.3 Å². The van der Waals surface area contributed by atoms with Gasteiger partial charge in [0.15, 0.2) is 5.82 Å². The van der Waals surface area contributed by atoms with Gasteiger partial charge in [-0.3, -0.25) is 0 Å². The van der Waals surface area contributed by atoms with Crippen LogP contribution in [0.3, 0.4) is 0 Å². The molecule has 0 spiro atoms. The summed E-state index contributed by atoms with van der Waals surface area (Å²) in [5, 5.41) is 0. The predicted octanol–water partition coefficient (Wildman–Crippen LogP) is 4.14. The Balaban J connectivity index is 2.27. The third kappa shape index (κ3) is 2.27. The summed E-state index contributed by atoms with van der Waals surface area (Å²) in [4.78, 5) is 4.50. The summed E-state index contributed by atoms with van der Waals surface area (Å²) in [6.45, 7) is 4.86. The standard InChI is InChI=1S/C17H18FN3/c1-3-9-21-15-6-4-5-13(18)16(15)20-17(21)12-8-7-11(2)14(19)10-12/h4-8,10H,3,9,19H2,1-2H3. The SMILES string of the molecule is CCCn1c(-c2ccc(C)c(N)c2)nc2c(F)cccc21. The lowest BCUT2D eigenvalue weighted by molar-refractivity contribution is 0.637. The summed E-state index contributed by atoms with van der Waals surface area (Å²) in [5.41, 5.74) is 9.91. The highest BCUT2D eigenvalue weighted by molar-refractivity contribution is 5.81. The van der Waals surface area contributed by atoms with Crippen molar-refractivity contribution in [1.82, 2.24) is 9.55 Å². The van der Waals surface area contributed by atoms with Crippen molar-refractivity contribution in [2.24, 2.45) is 0 Å². The minimum absolute atomic E-state index is 0.288. The third-order valence-electron chi connectivity index (χ3n) is 3.71. The molecule has 0 aliphatic heterocycles. The summed E-state index contributed by atoms with van der Waals surface area (Å²) in [7, 11) is 0. The number of halogens is 1. The van der Waals surface area contributed by atoms with Crippen LogP contribution in [0.25, 0.3) is 22.4 Å². The maximum Gasteiger partial charge on any atom is 0.151 e. The van der Waals surface area contributed by atoms with Crippen LogP contribution in [0.4, 0.5) is 10.1 Å². The average molecular weight is 283 g/mol. The van der Waals surface area contributed by atoms with Gasteiger partial charge in [0.25, 0.3) is 0 Å². The van der Waals surface area contributed by atoms with Gasteiger partial charge in [-0.05, 0) is 37.1 Å². The molecule has 0 aliphatic rings. The second-order valence-corrected chi connectivity index (χ2v) is 5.27. The van der Waals surface area contributed by atoms with E-state index in [2.05, 4.69) is 16.5 Å². The fourth-order valence-corrected chi connectivity index (χ4v) is 2.56. The van der Waals surface area contributed by atoms with E-state index in [4.69, 9.17) is 5.73 Å². The van der Waals surface area contributed by atoms with Crippen LogP contribution in [-0.2, 0) is 6.54 Å². The van der Waals surface area contributed by atoms with Crippen LogP contribution in [0.15, 0.2) is 36.4 Å². The molecule has 0 aliphatic carbocycles. The van der Waals surface area contributed by atoms with Crippen LogP contribution in [0.1, 0.15) is 18.9 Å². The Labute approximate surface area is 123 Å². The molecule has 0 atom stereocenters. The molecule has 108 valence electrons. The van der Waals surface area contributed by atoms with Gasteiger partial charge in [-0.25, -0.2) is 9.37 Å². The van der Waals surface area contributed by atoms with Crippen molar-refractivity contribution in [2.75, 3.05) is 5.73 Å². The number of nitrogens with two attached hydrogens (primary N) is 1. The molecule has 3 rings (SSSR count). The van der Waals surface area contributed by atoms with Gasteiger partial charge >= 0.3 is 0 Å². The van der Waals surface area contributed by atoms with Gasteiger partial charge in [0.2, 0.25) is 0 Å². The van der Waals surface area contributed by atoms with E-state index in [1.54, 1.807) is 6.07 Å². The zero-order valence-corrected chi connectivity index (χ0v) is 12.2. The van der Waals surface area contributed by atoms with E-state index in [9.17, 15) is 4.39 Å². The summed E-state index contributed by atoms with van der Waals surface area (Å²) in [5.74, 6) is 0.479. The van der Waals surface area contributed by atoms with Crippen molar-refractivity contribution < 1.29 is 4.39 Å². The van der Waals surface area contributed by atoms with Crippen LogP contribution >= 0.6 is 0 Å². The number of nitrogens with zero attached hydrogens (tertiary/aromatic N) is 2. The summed E-state index contributed by atoms with van der Waals surface area (Å²) in [6.07, 6.45) is 0.955. The molecular weight excluding hydrogens is 265 g/mol. The molecule has 2 N–H and O–H groups in total. The van der Waals surface area contributed by atoms with E-state index in [1.807, 2.05) is 31.2 Å². The van der Waals surface area contributed by atoms with Crippen LogP contribution in [0.5, 0.6) is 0 Å². The Morgan fingerprint density at radius 2 is 2.05 bits per heavy atom. The minimum atomic E-state index is -0.288. The molecule has 4 heteroatoms. The maximum absolute atomic E-state index is 14.0. The molecule has 1 aromatic heterocycles. The molecule has 0 radical (unpaired) electrons. The highest BCUT2D eigenvalue weighted by Gasteiger charge is 2.15. The van der Waals surface area contributed by atoms with Crippen molar-refractivity contribution in [3.8, 4) is 11.4 Å². The van der Waals surface area contributed by atoms with Crippen LogP contribution < -0.4 is 5.73 Å². The monoisotopic (exact) mass is 283 g/mol. The van der Waals surface area contributed by atoms with Crippen molar-refractivity contribution in [1.29, 1.82) is 0 Å². The number of imidazole rings is 1. The van der Waals surface area contributed by atoms with E-state index in [-0.39, 0.29) is 5.82 Å². The fourth-order valence-electron chi connectivity index (χ4n) is 2.56. The highest BCUT2D eigenvalue weighted by atomic mass is 19.1. The molecule has 2 aromatic carbocycles. The maximum atomic E-state index is 14.0. The molecule has 21 heavy (non-hydrogen) atoms. The van der Waals surface area contributed by atoms with Crippen molar-refractivity contribution in [2.45, 2.75) is 26.8 Å². The molecule has 0 bridgehead atoms. The Morgan fingerprint density at radius 1 is 1.24 bits per heavy atom. The molecule has 0 amide bonds. The van der Waals surface area contributed by atoms with Gasteiger partial charge in [-0.15, -0.1) is 0 Å². The van der Waals surface area contributed by atoms with Gasteiger partial charge in [-0.1, -0.05) is 25.1 Å². The van der Waals surface area contributed by atoms with E-state index in [0.717, 1.165) is 41.1 Å². The van der Waals surface area contributed by atoms with Crippen molar-refractivity contribution in [3.63, 3.8) is 0 Å². The van der Waals surface area contributed by atoms with Gasteiger partial charge in [-0.2, -0.15) is 0 Å². The summed E-state index contributed by atoms with van der Waals surface area (Å²) >= 11 is 0. The molecule has 3 aromatic rings. The number of fused-ring (bicyclic) bond motifs is 1. The lowest BCUT2D eigenvalue weighted by Gasteiger charge is -2.09. The van der Waals surface area contributed by atoms with E-state index >= 15 is 0 Å². The first-order chi connectivity index (χ1) is 10.1. The number of anilines is 1. The van der Waals surface area contributed by atoms with E-state index in [1.165, 1.54) is 6.07 Å². The second kappa shape index (κ2) is 5.20. The predicted molar refractivity (Wildman–Crippen MR) is 84.6 cm³/mol. The largest absolute Gasteiger partial charge is 0.398 e. The van der Waals surface area contributed by atoms with Crippen LogP contribution in [0.2, 0.25) is 0 Å². The average Bonchev–Trinajstić information content (AvgIpc) is 2.83. The van der Waals surface area contributed by atoms with Crippen LogP contribution in [-0.4, -0.2) is 9.55 Å². The topological polar surface area (TPSA) is 43.8 Å². The number of hydrogen-bond donors (Lipinski definition) is 1. The van der Waals surface area contributed by atoms with E-state index < -0.39 is 0 Å². The smallest absolute Gasteiger partial charge is 0.151 e. The van der Waals surface area contributed by atoms with Crippen molar-refractivity contribution >= 4 is 16.7 Å². The number of nitrogen functional groups attached to an aromatic ring is 1. The Bertz CT molecular complexity index is 805. The quantitative estimate of drug-likeness (QED) is 0.734. The number of hydrogen-bond acceptors (Lipinski definition) is 2.